The van der Waals surface area contributed by atoms with Crippen molar-refractivity contribution in [1.82, 2.24) is 29.5 Å². The molecule has 0 fully saturated rings. The quantitative estimate of drug-likeness (QED) is 0.406. The molecular weight excluding hydrogens is 434 g/mol. The van der Waals surface area contributed by atoms with Gasteiger partial charge in [0.05, 0.1) is 29.7 Å². The van der Waals surface area contributed by atoms with Crippen LogP contribution >= 0.6 is 0 Å². The molecule has 5 aromatic rings. The number of aromatic amines is 1. The molecule has 170 valence electrons. The minimum Gasteiger partial charge on any atom is -0.493 e. The smallest absolute Gasteiger partial charge is 0.263 e. The number of fused-ring (bicyclic) bond motifs is 1. The van der Waals surface area contributed by atoms with Crippen molar-refractivity contribution in [2.75, 3.05) is 11.9 Å². The fraction of sp³-hybridized carbons (Fsp3) is 0.125. The molecule has 0 unspecified atom stereocenters. The Morgan fingerprint density at radius 3 is 2.65 bits per heavy atom. The Kier molecular flexibility index (Phi) is 5.38. The van der Waals surface area contributed by atoms with Crippen molar-refractivity contribution in [1.29, 1.82) is 0 Å². The summed E-state index contributed by atoms with van der Waals surface area (Å²) in [4.78, 5) is 33.2. The van der Waals surface area contributed by atoms with E-state index in [9.17, 15) is 9.59 Å². The summed E-state index contributed by atoms with van der Waals surface area (Å²) in [6.07, 6.45) is 1.47. The molecule has 1 amide bonds. The number of ether oxygens (including phenoxy) is 1. The van der Waals surface area contributed by atoms with Crippen LogP contribution in [0.3, 0.4) is 0 Å². The van der Waals surface area contributed by atoms with Gasteiger partial charge in [-0.05, 0) is 38.1 Å². The molecule has 2 N–H and O–H groups in total. The molecule has 5 rings (SSSR count). The number of carbonyl (C=O) groups excluding carboxylic acids is 1. The van der Waals surface area contributed by atoms with Gasteiger partial charge in [-0.3, -0.25) is 14.6 Å². The van der Waals surface area contributed by atoms with Crippen LogP contribution in [0, 0.1) is 6.92 Å². The Bertz CT molecular complexity index is 1550. The number of nitrogens with one attached hydrogen (secondary N) is 2. The molecule has 0 aliphatic rings. The lowest BCUT2D eigenvalue weighted by molar-refractivity contribution is 0.102. The Morgan fingerprint density at radius 2 is 1.85 bits per heavy atom. The van der Waals surface area contributed by atoms with E-state index in [-0.39, 0.29) is 17.4 Å². The molecule has 0 saturated carbocycles. The zero-order chi connectivity index (χ0) is 23.7. The van der Waals surface area contributed by atoms with Crippen LogP contribution in [0.15, 0.2) is 71.7 Å². The molecule has 0 atom stereocenters. The van der Waals surface area contributed by atoms with Gasteiger partial charge in [-0.25, -0.2) is 4.68 Å². The van der Waals surface area contributed by atoms with Crippen LogP contribution in [-0.2, 0) is 0 Å². The summed E-state index contributed by atoms with van der Waals surface area (Å²) in [5.41, 5.74) is 1.78. The SMILES string of the molecule is CCOc1ccccc1C(=O)Nc1cc(C)nn1-c1nc2c(cnn2-c2ccccc2)c(=O)[nH]1. The first-order valence-corrected chi connectivity index (χ1v) is 10.7. The minimum atomic E-state index is -0.372. The van der Waals surface area contributed by atoms with Gasteiger partial charge in [-0.1, -0.05) is 30.3 Å². The lowest BCUT2D eigenvalue weighted by atomic mass is 10.2. The second-order valence-corrected chi connectivity index (χ2v) is 7.48. The number of nitrogens with zero attached hydrogens (tertiary/aromatic N) is 5. The number of aromatic nitrogens is 6. The fourth-order valence-corrected chi connectivity index (χ4v) is 3.63. The number of hydrogen-bond acceptors (Lipinski definition) is 6. The van der Waals surface area contributed by atoms with E-state index < -0.39 is 0 Å². The van der Waals surface area contributed by atoms with Gasteiger partial charge in [-0.15, -0.1) is 0 Å². The first kappa shape index (κ1) is 21.1. The predicted octanol–water partition coefficient (Wildman–Crippen LogP) is 3.25. The number of para-hydroxylation sites is 2. The number of aryl methyl sites for hydroxylation is 1. The monoisotopic (exact) mass is 455 g/mol. The molecule has 10 nitrogen and oxygen atoms in total. The Balaban J connectivity index is 1.57. The van der Waals surface area contributed by atoms with Crippen LogP contribution in [0.5, 0.6) is 5.75 Å². The van der Waals surface area contributed by atoms with E-state index in [1.165, 1.54) is 10.9 Å². The second-order valence-electron chi connectivity index (χ2n) is 7.48. The highest BCUT2D eigenvalue weighted by atomic mass is 16.5. The Labute approximate surface area is 193 Å². The van der Waals surface area contributed by atoms with Crippen molar-refractivity contribution in [3.63, 3.8) is 0 Å². The largest absolute Gasteiger partial charge is 0.493 e. The summed E-state index contributed by atoms with van der Waals surface area (Å²) in [5.74, 6) is 0.603. The fourth-order valence-electron chi connectivity index (χ4n) is 3.63. The van der Waals surface area contributed by atoms with Crippen molar-refractivity contribution < 1.29 is 9.53 Å². The number of H-pyrrole nitrogens is 1. The molecule has 0 aliphatic heterocycles. The predicted molar refractivity (Wildman–Crippen MR) is 127 cm³/mol. The van der Waals surface area contributed by atoms with Crippen molar-refractivity contribution in [2.45, 2.75) is 13.8 Å². The molecule has 3 heterocycles. The van der Waals surface area contributed by atoms with E-state index in [1.807, 2.05) is 37.3 Å². The molecule has 0 bridgehead atoms. The maximum absolute atomic E-state index is 13.0. The van der Waals surface area contributed by atoms with Crippen molar-refractivity contribution >= 4 is 22.8 Å². The molecule has 34 heavy (non-hydrogen) atoms. The zero-order valence-corrected chi connectivity index (χ0v) is 18.5. The summed E-state index contributed by atoms with van der Waals surface area (Å²) in [5, 5.41) is 11.9. The number of benzene rings is 2. The van der Waals surface area contributed by atoms with Crippen LogP contribution in [0.1, 0.15) is 23.0 Å². The lowest BCUT2D eigenvalue weighted by Gasteiger charge is -2.11. The van der Waals surface area contributed by atoms with Crippen molar-refractivity contribution in [3.05, 3.63) is 88.5 Å². The van der Waals surface area contributed by atoms with E-state index in [2.05, 4.69) is 25.5 Å². The van der Waals surface area contributed by atoms with Crippen LogP contribution < -0.4 is 15.6 Å². The minimum absolute atomic E-state index is 0.150. The number of anilines is 1. The van der Waals surface area contributed by atoms with Crippen molar-refractivity contribution in [3.8, 4) is 17.4 Å². The standard InChI is InChI=1S/C24H21N7O3/c1-3-34-19-12-8-7-11-17(19)22(32)26-20-13-15(2)29-31(20)24-27-21-18(23(33)28-24)14-25-30(21)16-9-5-4-6-10-16/h4-14H,3H2,1-2H3,(H,26,32)(H,27,28,33). The summed E-state index contributed by atoms with van der Waals surface area (Å²) in [6.45, 7) is 4.07. The molecule has 2 aromatic carbocycles. The topological polar surface area (TPSA) is 120 Å². The third-order valence-corrected chi connectivity index (χ3v) is 5.13. The van der Waals surface area contributed by atoms with Crippen LogP contribution in [0.25, 0.3) is 22.7 Å². The van der Waals surface area contributed by atoms with Crippen LogP contribution in [-0.4, -0.2) is 42.0 Å². The summed E-state index contributed by atoms with van der Waals surface area (Å²) in [6, 6.07) is 18.1. The first-order chi connectivity index (χ1) is 16.5. The van der Waals surface area contributed by atoms with Gasteiger partial charge < -0.3 is 10.1 Å². The number of rotatable bonds is 6. The van der Waals surface area contributed by atoms with Crippen molar-refractivity contribution in [2.24, 2.45) is 0 Å². The maximum Gasteiger partial charge on any atom is 0.263 e. The number of amides is 1. The van der Waals surface area contributed by atoms with Gasteiger partial charge in [0.25, 0.3) is 11.5 Å². The van der Waals surface area contributed by atoms with Gasteiger partial charge >= 0.3 is 0 Å². The maximum atomic E-state index is 13.0. The second kappa shape index (κ2) is 8.66. The van der Waals surface area contributed by atoms with E-state index in [0.717, 1.165) is 5.69 Å². The van der Waals surface area contributed by atoms with Gasteiger partial charge in [0.1, 0.15) is 17.0 Å². The average molecular weight is 455 g/mol. The Hall–Kier alpha value is -4.73. The molecule has 0 aliphatic carbocycles. The third kappa shape index (κ3) is 3.81. The van der Waals surface area contributed by atoms with E-state index in [1.54, 1.807) is 41.9 Å². The normalized spacial score (nSPS) is 11.0. The highest BCUT2D eigenvalue weighted by molar-refractivity contribution is 6.05. The molecule has 0 saturated heterocycles. The summed E-state index contributed by atoms with van der Waals surface area (Å²) in [7, 11) is 0. The summed E-state index contributed by atoms with van der Waals surface area (Å²) >= 11 is 0. The van der Waals surface area contributed by atoms with E-state index in [4.69, 9.17) is 4.74 Å². The van der Waals surface area contributed by atoms with E-state index >= 15 is 0 Å². The van der Waals surface area contributed by atoms with Gasteiger partial charge in [0, 0.05) is 6.07 Å². The number of carbonyl (C=O) groups is 1. The van der Waals surface area contributed by atoms with Crippen LogP contribution in [0.2, 0.25) is 0 Å². The van der Waals surface area contributed by atoms with Crippen LogP contribution in [0.4, 0.5) is 5.82 Å². The third-order valence-electron chi connectivity index (χ3n) is 5.13. The molecule has 3 aromatic heterocycles. The van der Waals surface area contributed by atoms with Gasteiger partial charge in [-0.2, -0.15) is 19.9 Å². The number of hydrogen-bond donors (Lipinski definition) is 2. The first-order valence-electron chi connectivity index (χ1n) is 10.7. The Morgan fingerprint density at radius 1 is 1.09 bits per heavy atom. The summed E-state index contributed by atoms with van der Waals surface area (Å²) < 4.78 is 8.55. The molecule has 0 radical (unpaired) electrons. The molecule has 0 spiro atoms. The highest BCUT2D eigenvalue weighted by Gasteiger charge is 2.19. The van der Waals surface area contributed by atoms with Gasteiger partial charge in [0.15, 0.2) is 5.65 Å². The highest BCUT2D eigenvalue weighted by Crippen LogP contribution is 2.22. The average Bonchev–Trinajstić information content (AvgIpc) is 3.43. The lowest BCUT2D eigenvalue weighted by Crippen LogP contribution is -2.19. The zero-order valence-electron chi connectivity index (χ0n) is 18.5. The molecular formula is C24H21N7O3. The van der Waals surface area contributed by atoms with E-state index in [0.29, 0.717) is 40.5 Å². The molecule has 10 heteroatoms. The van der Waals surface area contributed by atoms with Gasteiger partial charge in [0.2, 0.25) is 5.95 Å².